The number of aromatic nitrogens is 1. The number of carbonyl (C=O) groups excluding carboxylic acids is 1. The fourth-order valence-corrected chi connectivity index (χ4v) is 2.54. The average molecular weight is 309 g/mol. The van der Waals surface area contributed by atoms with Crippen LogP contribution in [0.5, 0.6) is 5.75 Å². The molecule has 116 valence electrons. The molecule has 0 fully saturated rings. The highest BCUT2D eigenvalue weighted by Crippen LogP contribution is 2.24. The van der Waals surface area contributed by atoms with Gasteiger partial charge in [0, 0.05) is 36.1 Å². The zero-order valence-corrected chi connectivity index (χ0v) is 12.9. The lowest BCUT2D eigenvalue weighted by Gasteiger charge is -2.06. The Kier molecular flexibility index (Phi) is 3.98. The Labute approximate surface area is 133 Å². The number of ether oxygens (including phenoxy) is 1. The molecule has 0 unspecified atom stereocenters. The van der Waals surface area contributed by atoms with Crippen LogP contribution in [0, 0.1) is 5.82 Å². The molecule has 0 amide bonds. The van der Waals surface area contributed by atoms with Crippen molar-refractivity contribution >= 4 is 29.0 Å². The van der Waals surface area contributed by atoms with E-state index in [9.17, 15) is 9.18 Å². The van der Waals surface area contributed by atoms with Gasteiger partial charge < -0.3 is 9.30 Å². The van der Waals surface area contributed by atoms with Crippen LogP contribution in [0.15, 0.2) is 48.5 Å². The number of fused-ring (bicyclic) bond motifs is 1. The van der Waals surface area contributed by atoms with Gasteiger partial charge in [0.15, 0.2) is 0 Å². The van der Waals surface area contributed by atoms with Gasteiger partial charge in [0.2, 0.25) is 0 Å². The van der Waals surface area contributed by atoms with Crippen molar-refractivity contribution in [2.75, 3.05) is 0 Å². The number of benzene rings is 2. The lowest BCUT2D eigenvalue weighted by Crippen LogP contribution is -2.02. The van der Waals surface area contributed by atoms with Gasteiger partial charge in [-0.05, 0) is 42.5 Å². The second-order valence-corrected chi connectivity index (χ2v) is 5.30. The van der Waals surface area contributed by atoms with E-state index in [-0.39, 0.29) is 5.82 Å². The Bertz CT molecular complexity index is 909. The normalized spacial score (nSPS) is 11.3. The molecular weight excluding hydrogens is 293 g/mol. The first-order valence-electron chi connectivity index (χ1n) is 7.25. The zero-order chi connectivity index (χ0) is 16.4. The largest absolute Gasteiger partial charge is 0.426 e. The molecule has 3 rings (SSSR count). The molecule has 0 saturated heterocycles. The van der Waals surface area contributed by atoms with Crippen molar-refractivity contribution in [1.29, 1.82) is 0 Å². The second-order valence-electron chi connectivity index (χ2n) is 5.30. The molecular formula is C19H16FNO2. The predicted molar refractivity (Wildman–Crippen MR) is 89.6 cm³/mol. The van der Waals surface area contributed by atoms with E-state index in [0.29, 0.717) is 11.3 Å². The maximum atomic E-state index is 13.5. The van der Waals surface area contributed by atoms with Crippen LogP contribution in [0.1, 0.15) is 18.2 Å². The predicted octanol–water partition coefficient (Wildman–Crippen LogP) is 4.41. The molecule has 3 nitrogen and oxygen atoms in total. The van der Waals surface area contributed by atoms with Crippen LogP contribution in [-0.4, -0.2) is 10.5 Å². The van der Waals surface area contributed by atoms with Gasteiger partial charge in [-0.25, -0.2) is 4.39 Å². The monoisotopic (exact) mass is 309 g/mol. The summed E-state index contributed by atoms with van der Waals surface area (Å²) >= 11 is 0. The molecule has 3 aromatic rings. The Morgan fingerprint density at radius 2 is 1.91 bits per heavy atom. The van der Waals surface area contributed by atoms with Crippen molar-refractivity contribution in [3.63, 3.8) is 0 Å². The molecule has 0 spiro atoms. The number of carbonyl (C=O) groups is 1. The topological polar surface area (TPSA) is 31.2 Å². The van der Waals surface area contributed by atoms with Crippen LogP contribution < -0.4 is 4.74 Å². The van der Waals surface area contributed by atoms with Crippen molar-refractivity contribution in [3.05, 3.63) is 65.6 Å². The summed E-state index contributed by atoms with van der Waals surface area (Å²) in [7, 11) is 1.97. The molecule has 1 heterocycles. The van der Waals surface area contributed by atoms with E-state index in [0.717, 1.165) is 16.6 Å². The highest BCUT2D eigenvalue weighted by Gasteiger charge is 2.07. The number of para-hydroxylation sites is 1. The van der Waals surface area contributed by atoms with Crippen molar-refractivity contribution in [1.82, 2.24) is 4.57 Å². The minimum Gasteiger partial charge on any atom is -0.426 e. The van der Waals surface area contributed by atoms with Crippen molar-refractivity contribution < 1.29 is 13.9 Å². The fourth-order valence-electron chi connectivity index (χ4n) is 2.54. The van der Waals surface area contributed by atoms with Gasteiger partial charge in [0.25, 0.3) is 0 Å². The Balaban J connectivity index is 2.00. The lowest BCUT2D eigenvalue weighted by molar-refractivity contribution is -0.131. The second kappa shape index (κ2) is 6.08. The SMILES string of the molecule is CC(=O)Oc1ccc(F)cc1C=Cc1cc2ccccc2n1C. The molecule has 0 saturated carbocycles. The van der Waals surface area contributed by atoms with Gasteiger partial charge in [-0.2, -0.15) is 0 Å². The summed E-state index contributed by atoms with van der Waals surface area (Å²) in [6, 6.07) is 14.2. The third-order valence-corrected chi connectivity index (χ3v) is 3.65. The van der Waals surface area contributed by atoms with Crippen LogP contribution in [0.25, 0.3) is 23.1 Å². The van der Waals surface area contributed by atoms with Gasteiger partial charge >= 0.3 is 5.97 Å². The van der Waals surface area contributed by atoms with Gasteiger partial charge in [0.05, 0.1) is 0 Å². The molecule has 4 heteroatoms. The third-order valence-electron chi connectivity index (χ3n) is 3.65. The zero-order valence-electron chi connectivity index (χ0n) is 12.9. The van der Waals surface area contributed by atoms with E-state index in [1.54, 1.807) is 6.08 Å². The first-order valence-corrected chi connectivity index (χ1v) is 7.25. The molecule has 0 bridgehead atoms. The van der Waals surface area contributed by atoms with E-state index in [1.807, 2.05) is 37.4 Å². The van der Waals surface area contributed by atoms with Crippen molar-refractivity contribution in [3.8, 4) is 5.75 Å². The van der Waals surface area contributed by atoms with Gasteiger partial charge in [-0.3, -0.25) is 4.79 Å². The molecule has 0 aliphatic rings. The first-order chi connectivity index (χ1) is 11.0. The number of esters is 1. The van der Waals surface area contributed by atoms with Crippen LogP contribution >= 0.6 is 0 Å². The molecule has 1 aromatic heterocycles. The van der Waals surface area contributed by atoms with Gasteiger partial charge in [0.1, 0.15) is 11.6 Å². The number of halogens is 1. The summed E-state index contributed by atoms with van der Waals surface area (Å²) in [6.07, 6.45) is 3.62. The van der Waals surface area contributed by atoms with E-state index in [4.69, 9.17) is 4.74 Å². The molecule has 0 radical (unpaired) electrons. The Hall–Kier alpha value is -2.88. The summed E-state index contributed by atoms with van der Waals surface area (Å²) in [4.78, 5) is 11.2. The summed E-state index contributed by atoms with van der Waals surface area (Å²) in [6.45, 7) is 1.32. The third kappa shape index (κ3) is 3.16. The summed E-state index contributed by atoms with van der Waals surface area (Å²) in [5, 5.41) is 1.13. The van der Waals surface area contributed by atoms with Crippen LogP contribution in [0.4, 0.5) is 4.39 Å². The highest BCUT2D eigenvalue weighted by atomic mass is 19.1. The van der Waals surface area contributed by atoms with E-state index < -0.39 is 5.97 Å². The maximum absolute atomic E-state index is 13.5. The summed E-state index contributed by atoms with van der Waals surface area (Å²) in [5.41, 5.74) is 2.61. The number of hydrogen-bond acceptors (Lipinski definition) is 2. The lowest BCUT2D eigenvalue weighted by atomic mass is 10.1. The standard InChI is InChI=1S/C19H16FNO2/c1-13(22)23-19-10-8-16(20)11-15(19)7-9-17-12-14-5-3-4-6-18(14)21(17)2/h3-12H,1-2H3. The average Bonchev–Trinajstić information content (AvgIpc) is 2.84. The van der Waals surface area contributed by atoms with Crippen LogP contribution in [0.3, 0.4) is 0 Å². The highest BCUT2D eigenvalue weighted by molar-refractivity contribution is 5.85. The minimum atomic E-state index is -0.434. The molecule has 0 aliphatic carbocycles. The molecule has 0 N–H and O–H groups in total. The first kappa shape index (κ1) is 15.0. The number of nitrogens with zero attached hydrogens (tertiary/aromatic N) is 1. The number of aryl methyl sites for hydroxylation is 1. The van der Waals surface area contributed by atoms with E-state index >= 15 is 0 Å². The van der Waals surface area contributed by atoms with Crippen LogP contribution in [-0.2, 0) is 11.8 Å². The van der Waals surface area contributed by atoms with Crippen LogP contribution in [0.2, 0.25) is 0 Å². The minimum absolute atomic E-state index is 0.342. The Morgan fingerprint density at radius 3 is 2.65 bits per heavy atom. The number of rotatable bonds is 3. The summed E-state index contributed by atoms with van der Waals surface area (Å²) < 4.78 is 20.6. The molecule has 0 atom stereocenters. The summed E-state index contributed by atoms with van der Waals surface area (Å²) in [5.74, 6) is -0.470. The van der Waals surface area contributed by atoms with E-state index in [2.05, 4.69) is 10.6 Å². The smallest absolute Gasteiger partial charge is 0.308 e. The molecule has 0 aliphatic heterocycles. The number of hydrogen-bond donors (Lipinski definition) is 0. The fraction of sp³-hybridized carbons (Fsp3) is 0.105. The van der Waals surface area contributed by atoms with Crippen molar-refractivity contribution in [2.45, 2.75) is 6.92 Å². The molecule has 23 heavy (non-hydrogen) atoms. The molecule has 2 aromatic carbocycles. The van der Waals surface area contributed by atoms with Gasteiger partial charge in [-0.15, -0.1) is 0 Å². The Morgan fingerprint density at radius 1 is 1.13 bits per heavy atom. The van der Waals surface area contributed by atoms with Crippen molar-refractivity contribution in [2.24, 2.45) is 7.05 Å². The quantitative estimate of drug-likeness (QED) is 0.530. The van der Waals surface area contributed by atoms with Gasteiger partial charge in [-0.1, -0.05) is 18.2 Å². The maximum Gasteiger partial charge on any atom is 0.308 e. The van der Waals surface area contributed by atoms with E-state index in [1.165, 1.54) is 25.1 Å².